The van der Waals surface area contributed by atoms with E-state index in [-0.39, 0.29) is 11.3 Å². The van der Waals surface area contributed by atoms with Crippen LogP contribution in [0.4, 0.5) is 14.5 Å². The Bertz CT molecular complexity index is 817. The van der Waals surface area contributed by atoms with Gasteiger partial charge in [-0.15, -0.1) is 0 Å². The Kier molecular flexibility index (Phi) is 4.78. The van der Waals surface area contributed by atoms with Crippen molar-refractivity contribution in [1.82, 2.24) is 9.78 Å². The number of benzene rings is 1. The van der Waals surface area contributed by atoms with Crippen LogP contribution in [0.15, 0.2) is 41.2 Å². The summed E-state index contributed by atoms with van der Waals surface area (Å²) in [5.41, 5.74) is 0.866. The van der Waals surface area contributed by atoms with Gasteiger partial charge in [-0.2, -0.15) is 13.9 Å². The molecule has 132 valence electrons. The van der Waals surface area contributed by atoms with Crippen molar-refractivity contribution < 1.29 is 18.3 Å². The first kappa shape index (κ1) is 17.1. The summed E-state index contributed by atoms with van der Waals surface area (Å²) in [5.74, 6) is -0.0642. The van der Waals surface area contributed by atoms with E-state index in [1.165, 1.54) is 30.3 Å². The molecule has 1 N–H and O–H groups in total. The summed E-state index contributed by atoms with van der Waals surface area (Å²) in [6, 6.07) is 7.85. The highest BCUT2D eigenvalue weighted by atomic mass is 19.3. The molecule has 0 bridgehead atoms. The van der Waals surface area contributed by atoms with Crippen molar-refractivity contribution in [1.29, 1.82) is 0 Å². The zero-order valence-corrected chi connectivity index (χ0v) is 13.5. The molecule has 3 rings (SSSR count). The van der Waals surface area contributed by atoms with E-state index >= 15 is 0 Å². The van der Waals surface area contributed by atoms with Crippen LogP contribution in [-0.4, -0.2) is 22.3 Å². The van der Waals surface area contributed by atoms with Crippen molar-refractivity contribution in [2.75, 3.05) is 5.32 Å². The van der Waals surface area contributed by atoms with Gasteiger partial charge in [0.2, 0.25) is 5.91 Å². The fourth-order valence-corrected chi connectivity index (χ4v) is 2.39. The van der Waals surface area contributed by atoms with Gasteiger partial charge in [0.1, 0.15) is 11.8 Å². The van der Waals surface area contributed by atoms with Crippen molar-refractivity contribution in [2.24, 2.45) is 0 Å². The molecule has 1 aromatic carbocycles. The summed E-state index contributed by atoms with van der Waals surface area (Å²) in [5, 5.41) is 6.91. The van der Waals surface area contributed by atoms with Crippen molar-refractivity contribution in [3.63, 3.8) is 0 Å². The van der Waals surface area contributed by atoms with Crippen LogP contribution in [0, 0.1) is 0 Å². The standard InChI is InChI=1S/C17H17F2N3O3/c1-10(22-15(23)9-8-14(21-22)11-2-3-11)16(24)20-12-4-6-13(7-5-12)25-17(18)19/h4-11,17H,2-3H2,1H3,(H,20,24). The van der Waals surface area contributed by atoms with Gasteiger partial charge in [0, 0.05) is 17.7 Å². The number of halogens is 2. The maximum absolute atomic E-state index is 12.4. The minimum Gasteiger partial charge on any atom is -0.435 e. The van der Waals surface area contributed by atoms with Crippen molar-refractivity contribution >= 4 is 11.6 Å². The number of amides is 1. The topological polar surface area (TPSA) is 73.2 Å². The lowest BCUT2D eigenvalue weighted by Crippen LogP contribution is -2.33. The second kappa shape index (κ2) is 7.00. The molecule has 25 heavy (non-hydrogen) atoms. The molecule has 1 amide bonds. The van der Waals surface area contributed by atoms with Crippen LogP contribution in [-0.2, 0) is 4.79 Å². The van der Waals surface area contributed by atoms with Crippen LogP contribution in [0.5, 0.6) is 5.75 Å². The number of rotatable bonds is 6. The van der Waals surface area contributed by atoms with Crippen LogP contribution in [0.3, 0.4) is 0 Å². The molecule has 0 spiro atoms. The second-order valence-corrected chi connectivity index (χ2v) is 5.88. The van der Waals surface area contributed by atoms with Crippen LogP contribution in [0.1, 0.15) is 37.4 Å². The minimum absolute atomic E-state index is 0.00364. The Balaban J connectivity index is 1.70. The Labute approximate surface area is 142 Å². The van der Waals surface area contributed by atoms with Crippen LogP contribution < -0.4 is 15.6 Å². The highest BCUT2D eigenvalue weighted by Crippen LogP contribution is 2.38. The van der Waals surface area contributed by atoms with Crippen LogP contribution in [0.25, 0.3) is 0 Å². The largest absolute Gasteiger partial charge is 0.435 e. The maximum atomic E-state index is 12.4. The van der Waals surface area contributed by atoms with E-state index in [0.29, 0.717) is 11.6 Å². The molecule has 1 fully saturated rings. The van der Waals surface area contributed by atoms with E-state index in [1.54, 1.807) is 13.0 Å². The predicted octanol–water partition coefficient (Wildman–Crippen LogP) is 2.92. The van der Waals surface area contributed by atoms with Gasteiger partial charge in [-0.1, -0.05) is 0 Å². The lowest BCUT2D eigenvalue weighted by Gasteiger charge is -2.15. The van der Waals surface area contributed by atoms with Gasteiger partial charge in [-0.3, -0.25) is 9.59 Å². The first-order chi connectivity index (χ1) is 11.9. The van der Waals surface area contributed by atoms with E-state index in [4.69, 9.17) is 0 Å². The molecule has 2 aromatic rings. The van der Waals surface area contributed by atoms with Gasteiger partial charge < -0.3 is 10.1 Å². The van der Waals surface area contributed by atoms with Gasteiger partial charge in [0.05, 0.1) is 5.69 Å². The van der Waals surface area contributed by atoms with E-state index in [1.807, 2.05) is 0 Å². The Morgan fingerprint density at radius 1 is 1.24 bits per heavy atom. The summed E-state index contributed by atoms with van der Waals surface area (Å²) in [7, 11) is 0. The number of hydrogen-bond acceptors (Lipinski definition) is 4. The third kappa shape index (κ3) is 4.20. The molecule has 1 unspecified atom stereocenters. The monoisotopic (exact) mass is 349 g/mol. The number of hydrogen-bond donors (Lipinski definition) is 1. The highest BCUT2D eigenvalue weighted by Gasteiger charge is 2.27. The average molecular weight is 349 g/mol. The molecular weight excluding hydrogens is 332 g/mol. The first-order valence-corrected chi connectivity index (χ1v) is 7.89. The quantitative estimate of drug-likeness (QED) is 0.870. The fraction of sp³-hybridized carbons (Fsp3) is 0.353. The zero-order valence-electron chi connectivity index (χ0n) is 13.5. The number of ether oxygens (including phenoxy) is 1. The molecule has 0 radical (unpaired) electrons. The lowest BCUT2D eigenvalue weighted by atomic mass is 10.2. The molecule has 1 aromatic heterocycles. The number of alkyl halides is 2. The van der Waals surface area contributed by atoms with E-state index in [9.17, 15) is 18.4 Å². The Morgan fingerprint density at radius 3 is 2.52 bits per heavy atom. The van der Waals surface area contributed by atoms with Gasteiger partial charge in [-0.05, 0) is 50.1 Å². The number of nitrogens with zero attached hydrogens (tertiary/aromatic N) is 2. The van der Waals surface area contributed by atoms with Crippen LogP contribution >= 0.6 is 0 Å². The summed E-state index contributed by atoms with van der Waals surface area (Å²) in [6.45, 7) is -1.33. The minimum atomic E-state index is -2.91. The van der Waals surface area contributed by atoms with Gasteiger partial charge >= 0.3 is 6.61 Å². The first-order valence-electron chi connectivity index (χ1n) is 7.89. The SMILES string of the molecule is CC(C(=O)Nc1ccc(OC(F)F)cc1)n1nc(C2CC2)ccc1=O. The second-order valence-electron chi connectivity index (χ2n) is 5.88. The Morgan fingerprint density at radius 2 is 1.92 bits per heavy atom. The zero-order chi connectivity index (χ0) is 18.0. The van der Waals surface area contributed by atoms with Crippen molar-refractivity contribution in [3.8, 4) is 5.75 Å². The molecule has 8 heteroatoms. The number of carbonyl (C=O) groups is 1. The number of carbonyl (C=O) groups excluding carboxylic acids is 1. The third-order valence-corrected chi connectivity index (χ3v) is 3.93. The molecule has 1 aliphatic rings. The molecule has 0 saturated heterocycles. The molecule has 1 aliphatic carbocycles. The number of aromatic nitrogens is 2. The Hall–Kier alpha value is -2.77. The number of anilines is 1. The van der Waals surface area contributed by atoms with Gasteiger partial charge in [-0.25, -0.2) is 4.68 Å². The lowest BCUT2D eigenvalue weighted by molar-refractivity contribution is -0.119. The molecule has 1 heterocycles. The van der Waals surface area contributed by atoms with E-state index < -0.39 is 18.6 Å². The molecule has 1 saturated carbocycles. The van der Waals surface area contributed by atoms with Crippen molar-refractivity contribution in [3.05, 3.63) is 52.4 Å². The summed E-state index contributed by atoms with van der Waals surface area (Å²) >= 11 is 0. The van der Waals surface area contributed by atoms with E-state index in [2.05, 4.69) is 15.2 Å². The van der Waals surface area contributed by atoms with Gasteiger partial charge in [0.15, 0.2) is 0 Å². The normalized spacial score (nSPS) is 15.0. The highest BCUT2D eigenvalue weighted by molar-refractivity contribution is 5.93. The summed E-state index contributed by atoms with van der Waals surface area (Å²) < 4.78 is 29.7. The predicted molar refractivity (Wildman–Crippen MR) is 86.9 cm³/mol. The van der Waals surface area contributed by atoms with E-state index in [0.717, 1.165) is 23.2 Å². The van der Waals surface area contributed by atoms with Crippen molar-refractivity contribution in [2.45, 2.75) is 38.3 Å². The summed E-state index contributed by atoms with van der Waals surface area (Å²) in [4.78, 5) is 24.4. The fourth-order valence-electron chi connectivity index (χ4n) is 2.39. The van der Waals surface area contributed by atoms with Gasteiger partial charge in [0.25, 0.3) is 5.56 Å². The third-order valence-electron chi connectivity index (χ3n) is 3.93. The smallest absolute Gasteiger partial charge is 0.387 e. The van der Waals surface area contributed by atoms with Crippen LogP contribution in [0.2, 0.25) is 0 Å². The molecule has 1 atom stereocenters. The molecule has 6 nitrogen and oxygen atoms in total. The molecular formula is C17H17F2N3O3. The summed E-state index contributed by atoms with van der Waals surface area (Å²) in [6.07, 6.45) is 2.08. The maximum Gasteiger partial charge on any atom is 0.387 e. The number of nitrogens with one attached hydrogen (secondary N) is 1. The average Bonchev–Trinajstić information content (AvgIpc) is 3.41. The molecule has 0 aliphatic heterocycles.